The van der Waals surface area contributed by atoms with Gasteiger partial charge in [0.2, 0.25) is 0 Å². The molecule has 0 radical (unpaired) electrons. The lowest BCUT2D eigenvalue weighted by Crippen LogP contribution is -2.12. The summed E-state index contributed by atoms with van der Waals surface area (Å²) in [5, 5.41) is 0.815. The molecule has 0 amide bonds. The zero-order valence-electron chi connectivity index (χ0n) is 10.8. The van der Waals surface area contributed by atoms with E-state index in [-0.39, 0.29) is 5.41 Å². The smallest absolute Gasteiger partial charge is 0.0460 e. The number of benzene rings is 2. The molecule has 0 saturated heterocycles. The van der Waals surface area contributed by atoms with Crippen LogP contribution in [0.5, 0.6) is 0 Å². The minimum absolute atomic E-state index is 0.0329. The molecule has 0 unspecified atom stereocenters. The van der Waals surface area contributed by atoms with Gasteiger partial charge in [0.15, 0.2) is 0 Å². The molecule has 0 N–H and O–H groups in total. The summed E-state index contributed by atoms with van der Waals surface area (Å²) in [5.41, 5.74) is 3.51. The lowest BCUT2D eigenvalue weighted by atomic mass is 9.86. The maximum Gasteiger partial charge on any atom is 0.0460 e. The second kappa shape index (κ2) is 5.07. The molecular formula is C16H16BrCl. The minimum Gasteiger partial charge on any atom is -0.0840 e. The zero-order valence-corrected chi connectivity index (χ0v) is 13.1. The van der Waals surface area contributed by atoms with Gasteiger partial charge in [0.1, 0.15) is 0 Å². The summed E-state index contributed by atoms with van der Waals surface area (Å²) in [4.78, 5) is 0. The van der Waals surface area contributed by atoms with E-state index in [1.807, 2.05) is 24.3 Å². The summed E-state index contributed by atoms with van der Waals surface area (Å²) in [6, 6.07) is 14.5. The topological polar surface area (TPSA) is 0 Å². The molecule has 2 rings (SSSR count). The van der Waals surface area contributed by atoms with Crippen LogP contribution in [-0.2, 0) is 5.41 Å². The van der Waals surface area contributed by atoms with Gasteiger partial charge in [0, 0.05) is 9.50 Å². The highest BCUT2D eigenvalue weighted by Gasteiger charge is 2.21. The van der Waals surface area contributed by atoms with Crippen molar-refractivity contribution in [3.63, 3.8) is 0 Å². The van der Waals surface area contributed by atoms with Gasteiger partial charge >= 0.3 is 0 Å². The lowest BCUT2D eigenvalue weighted by molar-refractivity contribution is 0.587. The number of hydrogen-bond donors (Lipinski definition) is 0. The highest BCUT2D eigenvalue weighted by atomic mass is 79.9. The van der Waals surface area contributed by atoms with Crippen LogP contribution in [0.15, 0.2) is 46.9 Å². The van der Waals surface area contributed by atoms with Crippen molar-refractivity contribution in [2.24, 2.45) is 0 Å². The SMILES string of the molecule is CC(C)(C)c1c(Cl)cc(-c2ccccc2)cc1Br. The van der Waals surface area contributed by atoms with E-state index in [2.05, 4.69) is 54.9 Å². The highest BCUT2D eigenvalue weighted by Crippen LogP contribution is 2.38. The molecule has 0 heterocycles. The summed E-state index contributed by atoms with van der Waals surface area (Å²) >= 11 is 10.1. The Balaban J connectivity index is 2.57. The maximum absolute atomic E-state index is 6.44. The van der Waals surface area contributed by atoms with Crippen LogP contribution in [0.25, 0.3) is 11.1 Å². The van der Waals surface area contributed by atoms with Crippen LogP contribution in [0.3, 0.4) is 0 Å². The molecule has 0 bridgehead atoms. The average Bonchev–Trinajstić information content (AvgIpc) is 2.27. The Morgan fingerprint density at radius 2 is 1.56 bits per heavy atom. The van der Waals surface area contributed by atoms with E-state index in [1.54, 1.807) is 0 Å². The van der Waals surface area contributed by atoms with Crippen LogP contribution in [0.1, 0.15) is 26.3 Å². The van der Waals surface area contributed by atoms with E-state index >= 15 is 0 Å². The van der Waals surface area contributed by atoms with E-state index in [4.69, 9.17) is 11.6 Å². The van der Waals surface area contributed by atoms with E-state index in [1.165, 1.54) is 5.56 Å². The Labute approximate surface area is 122 Å². The van der Waals surface area contributed by atoms with Crippen molar-refractivity contribution in [3.05, 3.63) is 57.5 Å². The molecule has 2 aromatic carbocycles. The van der Waals surface area contributed by atoms with Crippen molar-refractivity contribution in [3.8, 4) is 11.1 Å². The van der Waals surface area contributed by atoms with Gasteiger partial charge in [-0.2, -0.15) is 0 Å². The first kappa shape index (κ1) is 13.6. The number of halogens is 2. The zero-order chi connectivity index (χ0) is 13.3. The summed E-state index contributed by atoms with van der Waals surface area (Å²) in [6.45, 7) is 6.50. The monoisotopic (exact) mass is 322 g/mol. The fourth-order valence-electron chi connectivity index (χ4n) is 2.09. The first-order valence-electron chi connectivity index (χ1n) is 5.94. The van der Waals surface area contributed by atoms with Crippen LogP contribution in [0, 0.1) is 0 Å². The van der Waals surface area contributed by atoms with E-state index in [0.29, 0.717) is 0 Å². The molecule has 0 aliphatic rings. The Morgan fingerprint density at radius 3 is 2.06 bits per heavy atom. The molecule has 0 spiro atoms. The largest absolute Gasteiger partial charge is 0.0840 e. The summed E-state index contributed by atoms with van der Waals surface area (Å²) in [6.07, 6.45) is 0. The fraction of sp³-hybridized carbons (Fsp3) is 0.250. The third-order valence-corrected chi connectivity index (χ3v) is 3.82. The lowest BCUT2D eigenvalue weighted by Gasteiger charge is -2.23. The van der Waals surface area contributed by atoms with Crippen molar-refractivity contribution in [1.82, 2.24) is 0 Å². The number of rotatable bonds is 1. The highest BCUT2D eigenvalue weighted by molar-refractivity contribution is 9.10. The van der Waals surface area contributed by atoms with Gasteiger partial charge < -0.3 is 0 Å². The van der Waals surface area contributed by atoms with Crippen molar-refractivity contribution < 1.29 is 0 Å². The van der Waals surface area contributed by atoms with Gasteiger partial charge in [-0.25, -0.2) is 0 Å². The van der Waals surface area contributed by atoms with Gasteiger partial charge in [-0.15, -0.1) is 0 Å². The van der Waals surface area contributed by atoms with Gasteiger partial charge in [-0.3, -0.25) is 0 Å². The molecule has 2 heteroatoms. The number of hydrogen-bond acceptors (Lipinski definition) is 0. The molecule has 0 atom stereocenters. The van der Waals surface area contributed by atoms with Crippen molar-refractivity contribution in [2.75, 3.05) is 0 Å². The van der Waals surface area contributed by atoms with Gasteiger partial charge in [0.25, 0.3) is 0 Å². The van der Waals surface area contributed by atoms with Crippen LogP contribution < -0.4 is 0 Å². The fourth-order valence-corrected chi connectivity index (χ4v) is 3.76. The molecule has 94 valence electrons. The van der Waals surface area contributed by atoms with E-state index < -0.39 is 0 Å². The third-order valence-electron chi connectivity index (χ3n) is 2.90. The molecule has 0 saturated carbocycles. The molecular weight excluding hydrogens is 308 g/mol. The van der Waals surface area contributed by atoms with Crippen LogP contribution in [0.2, 0.25) is 5.02 Å². The molecule has 18 heavy (non-hydrogen) atoms. The normalized spacial score (nSPS) is 11.6. The van der Waals surface area contributed by atoms with Gasteiger partial charge in [0.05, 0.1) is 0 Å². The van der Waals surface area contributed by atoms with E-state index in [9.17, 15) is 0 Å². The van der Waals surface area contributed by atoms with Crippen molar-refractivity contribution in [1.29, 1.82) is 0 Å². The third kappa shape index (κ3) is 2.78. The standard InChI is InChI=1S/C16H16BrCl/c1-16(2,3)15-13(17)9-12(10-14(15)18)11-7-5-4-6-8-11/h4-10H,1-3H3. The summed E-state index contributed by atoms with van der Waals surface area (Å²) in [5.74, 6) is 0. The molecule has 0 aliphatic heterocycles. The second-order valence-corrected chi connectivity index (χ2v) is 6.69. The minimum atomic E-state index is 0.0329. The Hall–Kier alpha value is -0.790. The predicted molar refractivity (Wildman–Crippen MR) is 83.3 cm³/mol. The van der Waals surface area contributed by atoms with E-state index in [0.717, 1.165) is 20.6 Å². The molecule has 0 nitrogen and oxygen atoms in total. The van der Waals surface area contributed by atoms with Crippen molar-refractivity contribution in [2.45, 2.75) is 26.2 Å². The Bertz CT molecular complexity index is 530. The Kier molecular flexibility index (Phi) is 3.84. The summed E-state index contributed by atoms with van der Waals surface area (Å²) in [7, 11) is 0. The van der Waals surface area contributed by atoms with Gasteiger partial charge in [-0.05, 0) is 34.2 Å². The van der Waals surface area contributed by atoms with Crippen LogP contribution in [-0.4, -0.2) is 0 Å². The predicted octanol–water partition coefficient (Wildman–Crippen LogP) is 6.07. The first-order chi connectivity index (χ1) is 8.39. The average molecular weight is 324 g/mol. The molecule has 0 aromatic heterocycles. The Morgan fingerprint density at radius 1 is 0.944 bits per heavy atom. The molecule has 0 aliphatic carbocycles. The maximum atomic E-state index is 6.44. The van der Waals surface area contributed by atoms with Crippen LogP contribution >= 0.6 is 27.5 Å². The molecule has 0 fully saturated rings. The van der Waals surface area contributed by atoms with Gasteiger partial charge in [-0.1, -0.05) is 78.6 Å². The van der Waals surface area contributed by atoms with Crippen LogP contribution in [0.4, 0.5) is 0 Å². The summed E-state index contributed by atoms with van der Waals surface area (Å²) < 4.78 is 1.07. The van der Waals surface area contributed by atoms with Crippen molar-refractivity contribution >= 4 is 27.5 Å². The second-order valence-electron chi connectivity index (χ2n) is 5.43. The first-order valence-corrected chi connectivity index (χ1v) is 7.11. The quantitative estimate of drug-likeness (QED) is 0.597. The molecule has 2 aromatic rings.